The van der Waals surface area contributed by atoms with Gasteiger partial charge in [-0.1, -0.05) is 29.4 Å². The van der Waals surface area contributed by atoms with E-state index in [-0.39, 0.29) is 37.2 Å². The van der Waals surface area contributed by atoms with Gasteiger partial charge in [-0.05, 0) is 30.4 Å². The number of hydrogen-bond donors (Lipinski definition) is 1. The third-order valence-electron chi connectivity index (χ3n) is 4.13. The number of azide groups is 1. The summed E-state index contributed by atoms with van der Waals surface area (Å²) >= 11 is 0. The Balaban J connectivity index is 2.41. The molecule has 0 saturated heterocycles. The molecule has 0 aliphatic carbocycles. The predicted octanol–water partition coefficient (Wildman–Crippen LogP) is 3.53. The summed E-state index contributed by atoms with van der Waals surface area (Å²) in [7, 11) is 0. The maximum atomic E-state index is 12.1. The van der Waals surface area contributed by atoms with E-state index in [0.29, 0.717) is 31.4 Å². The Labute approximate surface area is 157 Å². The molecule has 0 radical (unpaired) electrons. The van der Waals surface area contributed by atoms with E-state index in [4.69, 9.17) is 5.53 Å². The minimum Gasteiger partial charge on any atom is -0.481 e. The number of rotatable bonds is 14. The molecule has 0 aliphatic rings. The fourth-order valence-corrected chi connectivity index (χ4v) is 2.60. The number of nitrogens with zero attached hydrogens (tertiary/aromatic N) is 3. The number of carboxylic acids is 1. The summed E-state index contributed by atoms with van der Waals surface area (Å²) in [6.07, 6.45) is 2.33. The van der Waals surface area contributed by atoms with Crippen molar-refractivity contribution in [2.45, 2.75) is 44.9 Å². The van der Waals surface area contributed by atoms with E-state index in [2.05, 4.69) is 10.0 Å². The number of unbranched alkanes of at least 4 members (excludes halogenated alkanes) is 1. The maximum absolute atomic E-state index is 12.1. The molecule has 1 atom stereocenters. The molecule has 1 aromatic carbocycles. The largest absolute Gasteiger partial charge is 0.481 e. The van der Waals surface area contributed by atoms with Crippen LogP contribution < -0.4 is 0 Å². The van der Waals surface area contributed by atoms with Gasteiger partial charge in [-0.2, -0.15) is 0 Å². The molecule has 0 aromatic heterocycles. The molecule has 0 bridgehead atoms. The molecule has 1 aromatic rings. The van der Waals surface area contributed by atoms with E-state index in [0.717, 1.165) is 11.8 Å². The number of benzene rings is 1. The third-order valence-corrected chi connectivity index (χ3v) is 4.13. The van der Waals surface area contributed by atoms with E-state index >= 15 is 0 Å². The van der Waals surface area contributed by atoms with Gasteiger partial charge in [0.1, 0.15) is 17.9 Å². The van der Waals surface area contributed by atoms with E-state index in [1.54, 1.807) is 24.3 Å². The normalized spacial score (nSPS) is 11.3. The quantitative estimate of drug-likeness (QED) is 0.175. The first-order valence-electron chi connectivity index (χ1n) is 8.77. The van der Waals surface area contributed by atoms with Crippen LogP contribution in [0.2, 0.25) is 0 Å². The summed E-state index contributed by atoms with van der Waals surface area (Å²) in [5, 5.41) is 12.6. The minimum atomic E-state index is -1.15. The van der Waals surface area contributed by atoms with E-state index in [1.807, 2.05) is 0 Å². The number of aliphatic carboxylic acids is 1. The molecule has 0 saturated carbocycles. The molecule has 0 spiro atoms. The summed E-state index contributed by atoms with van der Waals surface area (Å²) in [5.41, 5.74) is 9.59. The van der Waals surface area contributed by atoms with Crippen LogP contribution in [-0.4, -0.2) is 35.5 Å². The van der Waals surface area contributed by atoms with Gasteiger partial charge in [0.05, 0.1) is 5.92 Å². The average Bonchev–Trinajstić information content (AvgIpc) is 2.66. The lowest BCUT2D eigenvalue weighted by Crippen LogP contribution is -2.21. The van der Waals surface area contributed by atoms with Crippen molar-refractivity contribution in [1.29, 1.82) is 0 Å². The highest BCUT2D eigenvalue weighted by Gasteiger charge is 2.23. The van der Waals surface area contributed by atoms with Crippen molar-refractivity contribution in [1.82, 2.24) is 0 Å². The second-order valence-corrected chi connectivity index (χ2v) is 6.29. The Hall–Kier alpha value is -2.99. The van der Waals surface area contributed by atoms with Crippen LogP contribution in [0.3, 0.4) is 0 Å². The average molecular weight is 373 g/mol. The monoisotopic (exact) mass is 373 g/mol. The molecule has 0 fully saturated rings. The Kier molecular flexibility index (Phi) is 10.1. The standard InChI is InChI=1S/C19H23N3O5/c20-22-21-10-2-1-3-17(24)11-16(19(26)27)12-18(25)9-8-14-4-6-15(13-23)7-5-14/h4-7,13,16H,1-3,8-12H2,(H,26,27). The van der Waals surface area contributed by atoms with Gasteiger partial charge in [-0.15, -0.1) is 0 Å². The molecule has 1 N–H and O–H groups in total. The number of carbonyl (C=O) groups excluding carboxylic acids is 3. The highest BCUT2D eigenvalue weighted by Crippen LogP contribution is 2.15. The van der Waals surface area contributed by atoms with Crippen LogP contribution in [0.1, 0.15) is 54.4 Å². The van der Waals surface area contributed by atoms with Crippen LogP contribution in [-0.2, 0) is 20.8 Å². The summed E-state index contributed by atoms with van der Waals surface area (Å²) < 4.78 is 0. The van der Waals surface area contributed by atoms with Crippen LogP contribution in [0.5, 0.6) is 0 Å². The Morgan fingerprint density at radius 3 is 2.26 bits per heavy atom. The first kappa shape index (κ1) is 22.1. The zero-order valence-electron chi connectivity index (χ0n) is 15.0. The van der Waals surface area contributed by atoms with Gasteiger partial charge in [0.15, 0.2) is 0 Å². The highest BCUT2D eigenvalue weighted by atomic mass is 16.4. The zero-order chi connectivity index (χ0) is 20.1. The van der Waals surface area contributed by atoms with Gasteiger partial charge in [0.2, 0.25) is 0 Å². The summed E-state index contributed by atoms with van der Waals surface area (Å²) in [4.78, 5) is 48.6. The van der Waals surface area contributed by atoms with Crippen molar-refractivity contribution in [3.8, 4) is 0 Å². The van der Waals surface area contributed by atoms with E-state index < -0.39 is 11.9 Å². The SMILES string of the molecule is [N-]=[N+]=NCCCCC(=O)CC(CC(=O)CCc1ccc(C=O)cc1)C(=O)O. The van der Waals surface area contributed by atoms with Crippen molar-refractivity contribution >= 4 is 23.8 Å². The van der Waals surface area contributed by atoms with Crippen LogP contribution in [0.25, 0.3) is 10.4 Å². The zero-order valence-corrected chi connectivity index (χ0v) is 15.0. The van der Waals surface area contributed by atoms with Crippen LogP contribution in [0.15, 0.2) is 29.4 Å². The lowest BCUT2D eigenvalue weighted by Gasteiger charge is -2.11. The smallest absolute Gasteiger partial charge is 0.307 e. The summed E-state index contributed by atoms with van der Waals surface area (Å²) in [5.74, 6) is -2.58. The second-order valence-electron chi connectivity index (χ2n) is 6.29. The number of aldehydes is 1. The van der Waals surface area contributed by atoms with Gasteiger partial charge < -0.3 is 5.11 Å². The van der Waals surface area contributed by atoms with Crippen molar-refractivity contribution in [2.24, 2.45) is 11.0 Å². The van der Waals surface area contributed by atoms with E-state index in [9.17, 15) is 24.3 Å². The lowest BCUT2D eigenvalue weighted by atomic mass is 9.92. The number of carboxylic acid groups (broad SMARTS) is 1. The molecule has 1 rings (SSSR count). The fraction of sp³-hybridized carbons (Fsp3) is 0.474. The van der Waals surface area contributed by atoms with Crippen LogP contribution >= 0.6 is 0 Å². The molecular weight excluding hydrogens is 350 g/mol. The third kappa shape index (κ3) is 9.32. The summed E-state index contributed by atoms with van der Waals surface area (Å²) in [6.45, 7) is 0.304. The molecule has 0 heterocycles. The molecule has 0 amide bonds. The predicted molar refractivity (Wildman–Crippen MR) is 98.4 cm³/mol. The molecular formula is C19H23N3O5. The Morgan fingerprint density at radius 1 is 1.07 bits per heavy atom. The highest BCUT2D eigenvalue weighted by molar-refractivity contribution is 5.88. The maximum Gasteiger partial charge on any atom is 0.307 e. The topological polar surface area (TPSA) is 137 Å². The van der Waals surface area contributed by atoms with Crippen molar-refractivity contribution in [3.05, 3.63) is 45.8 Å². The van der Waals surface area contributed by atoms with Gasteiger partial charge in [-0.3, -0.25) is 19.2 Å². The lowest BCUT2D eigenvalue weighted by molar-refractivity contribution is -0.145. The molecule has 1 unspecified atom stereocenters. The number of Topliss-reactive ketones (excluding diaryl/α,β-unsaturated/α-hetero) is 2. The van der Waals surface area contributed by atoms with Gasteiger partial charge in [0.25, 0.3) is 0 Å². The first-order chi connectivity index (χ1) is 13.0. The van der Waals surface area contributed by atoms with E-state index in [1.165, 1.54) is 0 Å². The Bertz CT molecular complexity index is 709. The first-order valence-corrected chi connectivity index (χ1v) is 8.77. The van der Waals surface area contributed by atoms with Crippen molar-refractivity contribution < 1.29 is 24.3 Å². The number of aryl methyl sites for hydroxylation is 1. The molecule has 8 nitrogen and oxygen atoms in total. The second kappa shape index (κ2) is 12.4. The van der Waals surface area contributed by atoms with Crippen molar-refractivity contribution in [3.63, 3.8) is 0 Å². The van der Waals surface area contributed by atoms with Crippen LogP contribution in [0, 0.1) is 5.92 Å². The van der Waals surface area contributed by atoms with Gasteiger partial charge in [0, 0.05) is 42.7 Å². The van der Waals surface area contributed by atoms with Gasteiger partial charge >= 0.3 is 5.97 Å². The fourth-order valence-electron chi connectivity index (χ4n) is 2.60. The van der Waals surface area contributed by atoms with Crippen molar-refractivity contribution in [2.75, 3.05) is 6.54 Å². The number of carbonyl (C=O) groups is 4. The molecule has 144 valence electrons. The summed E-state index contributed by atoms with van der Waals surface area (Å²) in [6, 6.07) is 6.83. The molecule has 0 aliphatic heterocycles. The number of hydrogen-bond acceptors (Lipinski definition) is 5. The minimum absolute atomic E-state index is 0.170. The molecule has 27 heavy (non-hydrogen) atoms. The van der Waals surface area contributed by atoms with Gasteiger partial charge in [-0.25, -0.2) is 0 Å². The Morgan fingerprint density at radius 2 is 1.70 bits per heavy atom. The number of ketones is 2. The molecule has 8 heteroatoms. The van der Waals surface area contributed by atoms with Crippen LogP contribution in [0.4, 0.5) is 0 Å².